The number of amides is 1. The first kappa shape index (κ1) is 16.5. The van der Waals surface area contributed by atoms with Gasteiger partial charge in [-0.05, 0) is 75.0 Å². The minimum Gasteiger partial charge on any atom is -0.506 e. The number of nitrogens with one attached hydrogen (secondary N) is 1. The van der Waals surface area contributed by atoms with E-state index in [4.69, 9.17) is 11.6 Å². The molecule has 2 aromatic rings. The van der Waals surface area contributed by atoms with Gasteiger partial charge < -0.3 is 5.11 Å². The predicted molar refractivity (Wildman–Crippen MR) is 100 cm³/mol. The molecule has 0 aliphatic heterocycles. The van der Waals surface area contributed by atoms with Crippen molar-refractivity contribution in [2.24, 2.45) is 5.10 Å². The van der Waals surface area contributed by atoms with Gasteiger partial charge in [-0.3, -0.25) is 4.79 Å². The molecule has 0 aromatic heterocycles. The normalized spacial score (nSPS) is 10.8. The molecule has 0 saturated heterocycles. The van der Waals surface area contributed by atoms with E-state index in [-0.39, 0.29) is 11.3 Å². The van der Waals surface area contributed by atoms with Gasteiger partial charge in [-0.15, -0.1) is 0 Å². The maximum atomic E-state index is 12.0. The molecule has 2 N–H and O–H groups in total. The summed E-state index contributed by atoms with van der Waals surface area (Å²) < 4.78 is 1.48. The van der Waals surface area contributed by atoms with Crippen molar-refractivity contribution in [1.82, 2.24) is 5.43 Å². The summed E-state index contributed by atoms with van der Waals surface area (Å²) in [5, 5.41) is 14.4. The van der Waals surface area contributed by atoms with Crippen molar-refractivity contribution >= 4 is 68.9 Å². The highest BCUT2D eigenvalue weighted by molar-refractivity contribution is 14.1. The summed E-state index contributed by atoms with van der Waals surface area (Å²) in [5.41, 5.74) is 3.39. The lowest BCUT2D eigenvalue weighted by atomic mass is 10.2. The molecule has 0 unspecified atom stereocenters. The van der Waals surface area contributed by atoms with Crippen LogP contribution in [0.4, 0.5) is 0 Å². The van der Waals surface area contributed by atoms with Crippen LogP contribution in [0.5, 0.6) is 5.75 Å². The minimum atomic E-state index is -0.464. The van der Waals surface area contributed by atoms with Crippen molar-refractivity contribution in [1.29, 1.82) is 0 Å². The molecule has 108 valence electrons. The zero-order valence-electron chi connectivity index (χ0n) is 10.5. The molecule has 0 fully saturated rings. The second-order valence-corrected chi connectivity index (χ2v) is 6.88. The summed E-state index contributed by atoms with van der Waals surface area (Å²) in [6.07, 6.45) is 1.50. The van der Waals surface area contributed by atoms with Crippen molar-refractivity contribution in [3.63, 3.8) is 0 Å². The average Bonchev–Trinajstić information content (AvgIpc) is 2.44. The minimum absolute atomic E-state index is 0.0461. The molecule has 0 spiro atoms. The van der Waals surface area contributed by atoms with Crippen LogP contribution in [-0.4, -0.2) is 17.2 Å². The van der Waals surface area contributed by atoms with Crippen LogP contribution in [0.3, 0.4) is 0 Å². The number of aromatic hydroxyl groups is 1. The Balaban J connectivity index is 2.10. The molecule has 2 aromatic carbocycles. The van der Waals surface area contributed by atoms with Crippen molar-refractivity contribution in [2.75, 3.05) is 0 Å². The van der Waals surface area contributed by atoms with E-state index < -0.39 is 5.91 Å². The number of carbonyl (C=O) groups is 1. The van der Waals surface area contributed by atoms with Gasteiger partial charge in [0, 0.05) is 8.59 Å². The van der Waals surface area contributed by atoms with Gasteiger partial charge in [0.15, 0.2) is 0 Å². The van der Waals surface area contributed by atoms with Crippen molar-refractivity contribution < 1.29 is 9.90 Å². The maximum Gasteiger partial charge on any atom is 0.275 e. The number of hydrogen-bond acceptors (Lipinski definition) is 3. The summed E-state index contributed by atoms with van der Waals surface area (Å²) in [6.45, 7) is 0. The number of phenolic OH excluding ortho intramolecular Hbond substituents is 1. The first-order valence-electron chi connectivity index (χ1n) is 5.74. The smallest absolute Gasteiger partial charge is 0.275 e. The molecule has 0 aliphatic carbocycles. The van der Waals surface area contributed by atoms with Gasteiger partial charge in [-0.25, -0.2) is 5.43 Å². The van der Waals surface area contributed by atoms with E-state index >= 15 is 0 Å². The molecular weight excluding hydrogens is 517 g/mol. The van der Waals surface area contributed by atoms with Gasteiger partial charge in [0.1, 0.15) is 5.75 Å². The highest BCUT2D eigenvalue weighted by Crippen LogP contribution is 2.26. The number of benzene rings is 2. The topological polar surface area (TPSA) is 61.7 Å². The SMILES string of the molecule is O=C(N/N=C/c1ccc(Cl)cc1)c1cc(I)cc(I)c1O. The van der Waals surface area contributed by atoms with Gasteiger partial charge in [0.25, 0.3) is 5.91 Å². The Labute approximate surface area is 153 Å². The van der Waals surface area contributed by atoms with Crippen LogP contribution in [0.15, 0.2) is 41.5 Å². The highest BCUT2D eigenvalue weighted by Gasteiger charge is 2.14. The number of phenols is 1. The lowest BCUT2D eigenvalue weighted by molar-refractivity contribution is 0.0952. The van der Waals surface area contributed by atoms with Gasteiger partial charge in [-0.2, -0.15) is 5.10 Å². The Kier molecular flexibility index (Phi) is 5.82. The molecule has 21 heavy (non-hydrogen) atoms. The second kappa shape index (κ2) is 7.41. The van der Waals surface area contributed by atoms with E-state index in [1.807, 2.05) is 22.6 Å². The van der Waals surface area contributed by atoms with Crippen molar-refractivity contribution in [2.45, 2.75) is 0 Å². The molecule has 1 amide bonds. The Bertz CT molecular complexity index is 703. The quantitative estimate of drug-likeness (QED) is 0.361. The van der Waals surface area contributed by atoms with E-state index in [2.05, 4.69) is 33.1 Å². The van der Waals surface area contributed by atoms with Crippen LogP contribution in [0.2, 0.25) is 5.02 Å². The highest BCUT2D eigenvalue weighted by atomic mass is 127. The predicted octanol–water partition coefficient (Wildman–Crippen LogP) is 4.02. The molecule has 0 saturated carbocycles. The van der Waals surface area contributed by atoms with Gasteiger partial charge in [0.05, 0.1) is 15.3 Å². The standard InChI is InChI=1S/C14H9ClI2N2O2/c15-9-3-1-8(2-4-9)7-18-19-14(21)11-5-10(16)6-12(17)13(11)20/h1-7,20H,(H,19,21)/b18-7+. The lowest BCUT2D eigenvalue weighted by Gasteiger charge is -2.05. The first-order valence-corrected chi connectivity index (χ1v) is 8.28. The third-order valence-corrected chi connectivity index (χ3v) is 4.22. The maximum absolute atomic E-state index is 12.0. The average molecular weight is 526 g/mol. The molecule has 0 atom stereocenters. The fourth-order valence-electron chi connectivity index (χ4n) is 1.51. The summed E-state index contributed by atoms with van der Waals surface area (Å²) in [6, 6.07) is 10.4. The lowest BCUT2D eigenvalue weighted by Crippen LogP contribution is -2.18. The summed E-state index contributed by atoms with van der Waals surface area (Å²) in [5.74, 6) is -0.510. The zero-order valence-corrected chi connectivity index (χ0v) is 15.5. The second-order valence-electron chi connectivity index (χ2n) is 4.03. The van der Waals surface area contributed by atoms with Crippen LogP contribution in [0.25, 0.3) is 0 Å². The molecule has 0 bridgehead atoms. The summed E-state index contributed by atoms with van der Waals surface area (Å²) >= 11 is 9.84. The van der Waals surface area contributed by atoms with E-state index in [0.29, 0.717) is 8.59 Å². The van der Waals surface area contributed by atoms with Gasteiger partial charge in [-0.1, -0.05) is 23.7 Å². The summed E-state index contributed by atoms with van der Waals surface area (Å²) in [4.78, 5) is 12.0. The van der Waals surface area contributed by atoms with Crippen LogP contribution < -0.4 is 5.43 Å². The van der Waals surface area contributed by atoms with E-state index in [1.54, 1.807) is 36.4 Å². The van der Waals surface area contributed by atoms with E-state index in [9.17, 15) is 9.90 Å². The molecular formula is C14H9ClI2N2O2. The number of hydrazone groups is 1. The van der Waals surface area contributed by atoms with Gasteiger partial charge in [0.2, 0.25) is 0 Å². The molecule has 0 radical (unpaired) electrons. The van der Waals surface area contributed by atoms with Crippen LogP contribution >= 0.6 is 56.8 Å². The first-order chi connectivity index (χ1) is 9.97. The fraction of sp³-hybridized carbons (Fsp3) is 0. The Morgan fingerprint density at radius 1 is 1.24 bits per heavy atom. The third-order valence-electron chi connectivity index (χ3n) is 2.52. The number of hydrogen-bond donors (Lipinski definition) is 2. The Morgan fingerprint density at radius 3 is 2.57 bits per heavy atom. The van der Waals surface area contributed by atoms with Crippen LogP contribution in [0.1, 0.15) is 15.9 Å². The molecule has 7 heteroatoms. The van der Waals surface area contributed by atoms with Crippen molar-refractivity contribution in [3.8, 4) is 5.75 Å². The monoisotopic (exact) mass is 526 g/mol. The van der Waals surface area contributed by atoms with Crippen LogP contribution in [0, 0.1) is 7.14 Å². The number of nitrogens with zero attached hydrogens (tertiary/aromatic N) is 1. The molecule has 0 heterocycles. The van der Waals surface area contributed by atoms with Gasteiger partial charge >= 0.3 is 0 Å². The molecule has 0 aliphatic rings. The molecule has 2 rings (SSSR count). The number of rotatable bonds is 3. The van der Waals surface area contributed by atoms with Crippen LogP contribution in [-0.2, 0) is 0 Å². The van der Waals surface area contributed by atoms with E-state index in [1.165, 1.54) is 6.21 Å². The van der Waals surface area contributed by atoms with E-state index in [0.717, 1.165) is 9.13 Å². The molecule has 4 nitrogen and oxygen atoms in total. The summed E-state index contributed by atoms with van der Waals surface area (Å²) in [7, 11) is 0. The third kappa shape index (κ3) is 4.55. The number of halogens is 3. The Hall–Kier alpha value is -0.870. The number of carbonyl (C=O) groups excluding carboxylic acids is 1. The largest absolute Gasteiger partial charge is 0.506 e. The fourth-order valence-corrected chi connectivity index (χ4v) is 3.48. The zero-order chi connectivity index (χ0) is 15.4. The van der Waals surface area contributed by atoms with Crippen molar-refractivity contribution in [3.05, 3.63) is 59.7 Å². The Morgan fingerprint density at radius 2 is 1.90 bits per heavy atom.